The summed E-state index contributed by atoms with van der Waals surface area (Å²) in [7, 11) is 0. The van der Waals surface area contributed by atoms with E-state index in [9.17, 15) is 9.59 Å². The molecule has 0 fully saturated rings. The molecule has 2 rings (SSSR count). The van der Waals surface area contributed by atoms with E-state index in [0.717, 1.165) is 5.69 Å². The van der Waals surface area contributed by atoms with E-state index < -0.39 is 0 Å². The molecule has 1 amide bonds. The third-order valence-electron chi connectivity index (χ3n) is 2.50. The first-order valence-corrected chi connectivity index (χ1v) is 6.25. The number of nitrogens with zero attached hydrogens (tertiary/aromatic N) is 1. The predicted molar refractivity (Wildman–Crippen MR) is 77.1 cm³/mol. The van der Waals surface area contributed by atoms with Gasteiger partial charge in [-0.1, -0.05) is 0 Å². The summed E-state index contributed by atoms with van der Waals surface area (Å²) < 4.78 is 0.186. The van der Waals surface area contributed by atoms with Crippen molar-refractivity contribution < 1.29 is 4.79 Å². The molecule has 0 saturated carbocycles. The maximum Gasteiger partial charge on any atom is 0.251 e. The summed E-state index contributed by atoms with van der Waals surface area (Å²) in [6, 6.07) is 4.97. The van der Waals surface area contributed by atoms with Gasteiger partial charge in [-0.15, -0.1) is 0 Å². The molecule has 0 bridgehead atoms. The number of hydrogen-bond acceptors (Lipinski definition) is 4. The molecule has 0 atom stereocenters. The lowest BCUT2D eigenvalue weighted by Gasteiger charge is -2.02. The van der Waals surface area contributed by atoms with Crippen LogP contribution in [0.4, 0.5) is 0 Å². The molecule has 2 heterocycles. The van der Waals surface area contributed by atoms with E-state index in [1.165, 1.54) is 6.07 Å². The van der Waals surface area contributed by atoms with Crippen molar-refractivity contribution in [3.05, 3.63) is 50.9 Å². The van der Waals surface area contributed by atoms with E-state index in [4.69, 9.17) is 12.2 Å². The van der Waals surface area contributed by atoms with Crippen molar-refractivity contribution in [1.82, 2.24) is 20.4 Å². The van der Waals surface area contributed by atoms with Crippen molar-refractivity contribution in [1.29, 1.82) is 0 Å². The number of aromatic amines is 3. The zero-order chi connectivity index (χ0) is 14.5. The van der Waals surface area contributed by atoms with E-state index >= 15 is 0 Å². The second-order valence-corrected chi connectivity index (χ2v) is 4.51. The number of aromatic nitrogens is 3. The zero-order valence-electron chi connectivity index (χ0n) is 10.7. The highest BCUT2D eigenvalue weighted by atomic mass is 32.1. The lowest BCUT2D eigenvalue weighted by molar-refractivity contribution is -0.120. The van der Waals surface area contributed by atoms with E-state index in [1.807, 2.05) is 12.1 Å². The molecule has 2 aromatic rings. The van der Waals surface area contributed by atoms with Crippen LogP contribution in [0.15, 0.2) is 34.3 Å². The second-order valence-electron chi connectivity index (χ2n) is 4.11. The molecule has 0 aliphatic carbocycles. The number of amides is 1. The number of H-pyrrole nitrogens is 3. The van der Waals surface area contributed by atoms with Crippen molar-refractivity contribution in [2.24, 2.45) is 5.10 Å². The minimum absolute atomic E-state index is 0.00489. The van der Waals surface area contributed by atoms with Crippen molar-refractivity contribution >= 4 is 23.8 Å². The fraction of sp³-hybridized carbons (Fsp3) is 0.167. The van der Waals surface area contributed by atoms with Gasteiger partial charge in [0.15, 0.2) is 4.77 Å². The Labute approximate surface area is 119 Å². The molecule has 0 aliphatic rings. The fourth-order valence-corrected chi connectivity index (χ4v) is 1.82. The third-order valence-corrected chi connectivity index (χ3v) is 2.71. The summed E-state index contributed by atoms with van der Waals surface area (Å²) >= 11 is 4.83. The van der Waals surface area contributed by atoms with Gasteiger partial charge in [-0.3, -0.25) is 14.6 Å². The zero-order valence-corrected chi connectivity index (χ0v) is 11.5. The van der Waals surface area contributed by atoms with Crippen LogP contribution in [0.5, 0.6) is 0 Å². The predicted octanol–water partition coefficient (Wildman–Crippen LogP) is 0.843. The van der Waals surface area contributed by atoms with Crippen molar-refractivity contribution in [3.63, 3.8) is 0 Å². The smallest absolute Gasteiger partial charge is 0.251 e. The first-order valence-electron chi connectivity index (χ1n) is 5.84. The molecular formula is C12H13N5O2S. The summed E-state index contributed by atoms with van der Waals surface area (Å²) in [4.78, 5) is 31.0. The third kappa shape index (κ3) is 3.75. The number of carbonyl (C=O) groups is 1. The number of hydrogen-bond donors (Lipinski definition) is 4. The van der Waals surface area contributed by atoms with Gasteiger partial charge < -0.3 is 9.97 Å². The lowest BCUT2D eigenvalue weighted by Crippen LogP contribution is -2.23. The summed E-state index contributed by atoms with van der Waals surface area (Å²) in [5.74, 6) is -0.341. The first-order chi connectivity index (χ1) is 9.54. The second kappa shape index (κ2) is 6.11. The Morgan fingerprint density at radius 1 is 1.45 bits per heavy atom. The SMILES string of the molecule is C/C(=N\NC(=O)Cc1cc(=O)[nH]c(=S)[nH]1)c1ccc[nH]1. The van der Waals surface area contributed by atoms with Crippen LogP contribution in [0.1, 0.15) is 18.3 Å². The quantitative estimate of drug-likeness (QED) is 0.381. The topological polar surface area (TPSA) is 106 Å². The number of nitrogens with one attached hydrogen (secondary N) is 4. The maximum absolute atomic E-state index is 11.7. The number of carbonyl (C=O) groups excluding carboxylic acids is 1. The van der Waals surface area contributed by atoms with Crippen LogP contribution in [0.25, 0.3) is 0 Å². The number of rotatable bonds is 4. The molecule has 0 aliphatic heterocycles. The minimum Gasteiger partial charge on any atom is -0.360 e. The monoisotopic (exact) mass is 291 g/mol. The van der Waals surface area contributed by atoms with Crippen LogP contribution in [-0.2, 0) is 11.2 Å². The average molecular weight is 291 g/mol. The highest BCUT2D eigenvalue weighted by Gasteiger charge is 2.04. The van der Waals surface area contributed by atoms with E-state index in [2.05, 4.69) is 25.5 Å². The Morgan fingerprint density at radius 2 is 2.25 bits per heavy atom. The molecule has 2 aromatic heterocycles. The van der Waals surface area contributed by atoms with Gasteiger partial charge in [-0.2, -0.15) is 5.10 Å². The van der Waals surface area contributed by atoms with Gasteiger partial charge in [0, 0.05) is 18.0 Å². The average Bonchev–Trinajstić information content (AvgIpc) is 2.88. The van der Waals surface area contributed by atoms with Crippen molar-refractivity contribution in [2.75, 3.05) is 0 Å². The summed E-state index contributed by atoms with van der Waals surface area (Å²) in [5, 5.41) is 3.97. The molecule has 0 radical (unpaired) electrons. The Kier molecular flexibility index (Phi) is 4.26. The van der Waals surface area contributed by atoms with E-state index in [-0.39, 0.29) is 22.7 Å². The largest absolute Gasteiger partial charge is 0.360 e. The van der Waals surface area contributed by atoms with Gasteiger partial charge in [0.2, 0.25) is 5.91 Å². The summed E-state index contributed by atoms with van der Waals surface area (Å²) in [6.07, 6.45) is 1.77. The molecule has 7 nitrogen and oxygen atoms in total. The summed E-state index contributed by atoms with van der Waals surface area (Å²) in [5.41, 5.74) is 3.99. The van der Waals surface area contributed by atoms with Crippen LogP contribution < -0.4 is 11.0 Å². The minimum atomic E-state index is -0.345. The van der Waals surface area contributed by atoms with Gasteiger partial charge in [0.25, 0.3) is 5.56 Å². The Morgan fingerprint density at radius 3 is 2.90 bits per heavy atom. The van der Waals surface area contributed by atoms with Gasteiger partial charge in [0.05, 0.1) is 17.8 Å². The first kappa shape index (κ1) is 13.9. The molecular weight excluding hydrogens is 278 g/mol. The highest BCUT2D eigenvalue weighted by molar-refractivity contribution is 7.71. The van der Waals surface area contributed by atoms with Gasteiger partial charge in [-0.05, 0) is 31.3 Å². The molecule has 0 spiro atoms. The van der Waals surface area contributed by atoms with Crippen LogP contribution >= 0.6 is 12.2 Å². The lowest BCUT2D eigenvalue weighted by atomic mass is 10.3. The van der Waals surface area contributed by atoms with Crippen LogP contribution in [0.3, 0.4) is 0 Å². The van der Waals surface area contributed by atoms with E-state index in [1.54, 1.807) is 13.1 Å². The Bertz CT molecular complexity index is 713. The fourth-order valence-electron chi connectivity index (χ4n) is 1.59. The van der Waals surface area contributed by atoms with Crippen LogP contribution in [-0.4, -0.2) is 26.6 Å². The van der Waals surface area contributed by atoms with Crippen LogP contribution in [0.2, 0.25) is 0 Å². The molecule has 0 aromatic carbocycles. The molecule has 104 valence electrons. The molecule has 20 heavy (non-hydrogen) atoms. The standard InChI is InChI=1S/C12H13N5O2S/c1-7(9-3-2-4-13-9)16-17-11(19)6-8-5-10(18)15-12(20)14-8/h2-5,13H,6H2,1H3,(H,17,19)(H2,14,15,18,20)/b16-7+. The van der Waals surface area contributed by atoms with Gasteiger partial charge in [-0.25, -0.2) is 5.43 Å². The highest BCUT2D eigenvalue weighted by Crippen LogP contribution is 1.96. The van der Waals surface area contributed by atoms with Crippen molar-refractivity contribution in [3.8, 4) is 0 Å². The molecule has 0 unspecified atom stereocenters. The molecule has 4 N–H and O–H groups in total. The summed E-state index contributed by atoms with van der Waals surface area (Å²) in [6.45, 7) is 1.77. The van der Waals surface area contributed by atoms with Gasteiger partial charge >= 0.3 is 0 Å². The Balaban J connectivity index is 2.01. The Hall–Kier alpha value is -2.48. The normalized spacial score (nSPS) is 11.3. The van der Waals surface area contributed by atoms with Crippen molar-refractivity contribution in [2.45, 2.75) is 13.3 Å². The molecule has 8 heteroatoms. The molecule has 0 saturated heterocycles. The van der Waals surface area contributed by atoms with Gasteiger partial charge in [0.1, 0.15) is 0 Å². The number of hydrazone groups is 1. The van der Waals surface area contributed by atoms with Crippen LogP contribution in [0, 0.1) is 4.77 Å². The van der Waals surface area contributed by atoms with E-state index in [0.29, 0.717) is 11.4 Å². The maximum atomic E-state index is 11.7.